The summed E-state index contributed by atoms with van der Waals surface area (Å²) in [7, 11) is 0. The van der Waals surface area contributed by atoms with Crippen molar-refractivity contribution in [2.45, 2.75) is 12.1 Å². The van der Waals surface area contributed by atoms with Gasteiger partial charge in [-0.25, -0.2) is 0 Å². The van der Waals surface area contributed by atoms with Gasteiger partial charge in [-0.2, -0.15) is 0 Å². The zero-order valence-corrected chi connectivity index (χ0v) is 18.1. The number of hydrogen-bond acceptors (Lipinski definition) is 7. The van der Waals surface area contributed by atoms with Crippen LogP contribution in [0.4, 0.5) is 0 Å². The zero-order valence-electron chi connectivity index (χ0n) is 16.5. The van der Waals surface area contributed by atoms with Gasteiger partial charge in [0.05, 0.1) is 16.3 Å². The Labute approximate surface area is 186 Å². The number of hydrogen-bond donors (Lipinski definition) is 2. The summed E-state index contributed by atoms with van der Waals surface area (Å²) >= 11 is 2.53. The summed E-state index contributed by atoms with van der Waals surface area (Å²) in [5.41, 5.74) is 7.62. The van der Waals surface area contributed by atoms with Crippen LogP contribution < -0.4 is 10.9 Å². The topological polar surface area (TPSA) is 102 Å². The van der Waals surface area contributed by atoms with Gasteiger partial charge >= 0.3 is 0 Å². The number of nitrogens with zero attached hydrogens (tertiary/aromatic N) is 4. The molecule has 8 nitrogen and oxygen atoms in total. The first-order chi connectivity index (χ1) is 15.1. The molecule has 0 aliphatic heterocycles. The molecule has 0 radical (unpaired) electrons. The number of aromatic nitrogens is 4. The van der Waals surface area contributed by atoms with Crippen LogP contribution in [0.1, 0.15) is 15.2 Å². The largest absolute Gasteiger partial charge is 0.279 e. The fourth-order valence-corrected chi connectivity index (χ4v) is 4.20. The first-order valence-electron chi connectivity index (χ1n) is 9.31. The van der Waals surface area contributed by atoms with E-state index in [1.807, 2.05) is 47.9 Å². The van der Waals surface area contributed by atoms with E-state index < -0.39 is 0 Å². The third kappa shape index (κ3) is 4.81. The maximum atomic E-state index is 12.3. The summed E-state index contributed by atoms with van der Waals surface area (Å²) in [6, 6.07) is 15.1. The highest BCUT2D eigenvalue weighted by Gasteiger charge is 2.18. The Morgan fingerprint density at radius 2 is 1.94 bits per heavy atom. The molecule has 0 saturated carbocycles. The second-order valence-electron chi connectivity index (χ2n) is 6.44. The van der Waals surface area contributed by atoms with Gasteiger partial charge in [-0.3, -0.25) is 30.0 Å². The van der Waals surface area contributed by atoms with Gasteiger partial charge in [0.15, 0.2) is 11.0 Å². The van der Waals surface area contributed by atoms with Crippen LogP contribution in [0.5, 0.6) is 0 Å². The van der Waals surface area contributed by atoms with Crippen molar-refractivity contribution >= 4 is 34.9 Å². The number of aryl methyl sites for hydroxylation is 1. The van der Waals surface area contributed by atoms with Crippen LogP contribution in [0.15, 0.2) is 71.5 Å². The van der Waals surface area contributed by atoms with Crippen LogP contribution >= 0.6 is 23.1 Å². The minimum Gasteiger partial charge on any atom is -0.272 e. The highest BCUT2D eigenvalue weighted by atomic mass is 32.2. The van der Waals surface area contributed by atoms with Crippen LogP contribution in [0.2, 0.25) is 0 Å². The van der Waals surface area contributed by atoms with E-state index in [-0.39, 0.29) is 17.6 Å². The number of hydrazine groups is 1. The Bertz CT molecular complexity index is 1190. The number of carbonyl (C=O) groups excluding carboxylic acids is 2. The SMILES string of the molecule is Cc1ccccc1-n1c(SCC(=O)NNC(=O)c2cccs2)nnc1-c1cccnc1. The number of nitrogens with one attached hydrogen (secondary N) is 2. The average Bonchev–Trinajstić information content (AvgIpc) is 3.47. The molecule has 0 atom stereocenters. The Hall–Kier alpha value is -3.50. The number of para-hydroxylation sites is 1. The van der Waals surface area contributed by atoms with Crippen molar-refractivity contribution in [3.05, 3.63) is 76.7 Å². The molecule has 0 spiro atoms. The normalized spacial score (nSPS) is 10.6. The van der Waals surface area contributed by atoms with E-state index in [1.165, 1.54) is 23.1 Å². The van der Waals surface area contributed by atoms with E-state index in [0.717, 1.165) is 16.8 Å². The van der Waals surface area contributed by atoms with Crippen LogP contribution in [0.25, 0.3) is 17.1 Å². The zero-order chi connectivity index (χ0) is 21.6. The van der Waals surface area contributed by atoms with Crippen molar-refractivity contribution in [3.63, 3.8) is 0 Å². The molecule has 31 heavy (non-hydrogen) atoms. The molecule has 3 heterocycles. The van der Waals surface area contributed by atoms with Gasteiger partial charge in [0.2, 0.25) is 5.91 Å². The lowest BCUT2D eigenvalue weighted by Crippen LogP contribution is -2.42. The van der Waals surface area contributed by atoms with Crippen LogP contribution in [-0.2, 0) is 4.79 Å². The number of thioether (sulfide) groups is 1. The molecular formula is C21H18N6O2S2. The van der Waals surface area contributed by atoms with E-state index in [4.69, 9.17) is 0 Å². The molecule has 2 amide bonds. The summed E-state index contributed by atoms with van der Waals surface area (Å²) in [6.45, 7) is 2.00. The molecule has 1 aromatic carbocycles. The highest BCUT2D eigenvalue weighted by molar-refractivity contribution is 7.99. The maximum absolute atomic E-state index is 12.3. The Morgan fingerprint density at radius 3 is 2.68 bits per heavy atom. The second kappa shape index (κ2) is 9.54. The van der Waals surface area contributed by atoms with Gasteiger partial charge in [0.25, 0.3) is 5.91 Å². The van der Waals surface area contributed by atoms with Gasteiger partial charge < -0.3 is 0 Å². The maximum Gasteiger partial charge on any atom is 0.279 e. The van der Waals surface area contributed by atoms with Crippen molar-refractivity contribution in [1.82, 2.24) is 30.6 Å². The van der Waals surface area contributed by atoms with Crippen LogP contribution in [0.3, 0.4) is 0 Å². The van der Waals surface area contributed by atoms with Gasteiger partial charge in [-0.15, -0.1) is 21.5 Å². The predicted octanol–water partition coefficient (Wildman–Crippen LogP) is 3.25. The summed E-state index contributed by atoms with van der Waals surface area (Å²) in [5.74, 6) is -0.00864. The van der Waals surface area contributed by atoms with E-state index >= 15 is 0 Å². The van der Waals surface area contributed by atoms with Gasteiger partial charge in [-0.05, 0) is 42.1 Å². The van der Waals surface area contributed by atoms with Crippen LogP contribution in [-0.4, -0.2) is 37.3 Å². The van der Waals surface area contributed by atoms with Crippen LogP contribution in [0, 0.1) is 6.92 Å². The predicted molar refractivity (Wildman–Crippen MR) is 120 cm³/mol. The van der Waals surface area contributed by atoms with Crippen molar-refractivity contribution in [1.29, 1.82) is 0 Å². The lowest BCUT2D eigenvalue weighted by molar-refractivity contribution is -0.119. The number of amides is 2. The second-order valence-corrected chi connectivity index (χ2v) is 8.33. The summed E-state index contributed by atoms with van der Waals surface area (Å²) in [4.78, 5) is 28.9. The summed E-state index contributed by atoms with van der Waals surface area (Å²) < 4.78 is 1.91. The van der Waals surface area contributed by atoms with E-state index in [2.05, 4.69) is 26.0 Å². The average molecular weight is 451 g/mol. The molecule has 0 fully saturated rings. The number of carbonyl (C=O) groups is 2. The highest BCUT2D eigenvalue weighted by Crippen LogP contribution is 2.28. The van der Waals surface area contributed by atoms with Crippen molar-refractivity contribution < 1.29 is 9.59 Å². The minimum absolute atomic E-state index is 0.0573. The standard InChI is InChI=1S/C21H18N6O2S2/c1-14-6-2-3-8-16(14)27-19(15-7-4-10-22-12-15)24-26-21(27)31-13-18(28)23-25-20(29)17-9-5-11-30-17/h2-12H,13H2,1H3,(H,23,28)(H,25,29). The smallest absolute Gasteiger partial charge is 0.272 e. The molecule has 0 aliphatic rings. The first kappa shape index (κ1) is 20.8. The molecule has 4 rings (SSSR count). The molecular weight excluding hydrogens is 432 g/mol. The van der Waals surface area contributed by atoms with E-state index in [0.29, 0.717) is 15.9 Å². The lowest BCUT2D eigenvalue weighted by atomic mass is 10.2. The van der Waals surface area contributed by atoms with Gasteiger partial charge in [-0.1, -0.05) is 36.0 Å². The van der Waals surface area contributed by atoms with Gasteiger partial charge in [0, 0.05) is 18.0 Å². The van der Waals surface area contributed by atoms with Crippen molar-refractivity contribution in [2.24, 2.45) is 0 Å². The Kier molecular flexibility index (Phi) is 6.39. The van der Waals surface area contributed by atoms with Crippen molar-refractivity contribution in [2.75, 3.05) is 5.75 Å². The summed E-state index contributed by atoms with van der Waals surface area (Å²) in [5, 5.41) is 11.0. The first-order valence-corrected chi connectivity index (χ1v) is 11.2. The number of thiophene rings is 1. The number of pyridine rings is 1. The number of rotatable bonds is 6. The molecule has 0 bridgehead atoms. The molecule has 0 saturated heterocycles. The van der Waals surface area contributed by atoms with E-state index in [9.17, 15) is 9.59 Å². The molecule has 156 valence electrons. The molecule has 4 aromatic rings. The molecule has 3 aromatic heterocycles. The summed E-state index contributed by atoms with van der Waals surface area (Å²) in [6.07, 6.45) is 3.42. The lowest BCUT2D eigenvalue weighted by Gasteiger charge is -2.12. The molecule has 10 heteroatoms. The van der Waals surface area contributed by atoms with Gasteiger partial charge in [0.1, 0.15) is 0 Å². The third-order valence-corrected chi connectivity index (χ3v) is 6.10. The quantitative estimate of drug-likeness (QED) is 0.345. The minimum atomic E-state index is -0.352. The fourth-order valence-electron chi connectivity index (χ4n) is 2.84. The van der Waals surface area contributed by atoms with Crippen molar-refractivity contribution in [3.8, 4) is 17.1 Å². The molecule has 0 aliphatic carbocycles. The molecule has 2 N–H and O–H groups in total. The Balaban J connectivity index is 1.52. The molecule has 0 unspecified atom stereocenters. The Morgan fingerprint density at radius 1 is 1.06 bits per heavy atom. The third-order valence-electron chi connectivity index (χ3n) is 4.30. The van der Waals surface area contributed by atoms with E-state index in [1.54, 1.807) is 29.9 Å². The monoisotopic (exact) mass is 450 g/mol. The fraction of sp³-hybridized carbons (Fsp3) is 0.0952. The number of benzene rings is 1.